The van der Waals surface area contributed by atoms with Gasteiger partial charge in [-0.05, 0) is 79.8 Å². The summed E-state index contributed by atoms with van der Waals surface area (Å²) in [5.41, 5.74) is 5.77. The number of hydrogen-bond acceptors (Lipinski definition) is 4. The molecule has 0 amide bonds. The van der Waals surface area contributed by atoms with Gasteiger partial charge in [-0.15, -0.1) is 0 Å². The van der Waals surface area contributed by atoms with Crippen molar-refractivity contribution < 1.29 is 9.47 Å². The molecule has 0 radical (unpaired) electrons. The number of aromatic nitrogens is 1. The Bertz CT molecular complexity index is 1220. The second-order valence-corrected chi connectivity index (χ2v) is 9.22. The Labute approximate surface area is 222 Å². The molecule has 1 aromatic heterocycles. The fourth-order valence-corrected chi connectivity index (χ4v) is 4.76. The van der Waals surface area contributed by atoms with Crippen LogP contribution in [0.15, 0.2) is 72.8 Å². The van der Waals surface area contributed by atoms with Crippen molar-refractivity contribution in [2.75, 3.05) is 52.5 Å². The predicted octanol–water partition coefficient (Wildman–Crippen LogP) is 6.94. The summed E-state index contributed by atoms with van der Waals surface area (Å²) >= 11 is 0. The minimum absolute atomic E-state index is 0.696. The van der Waals surface area contributed by atoms with Crippen LogP contribution in [0.1, 0.15) is 27.7 Å². The van der Waals surface area contributed by atoms with Gasteiger partial charge < -0.3 is 24.3 Å². The summed E-state index contributed by atoms with van der Waals surface area (Å²) in [5.74, 6) is 1.81. The molecule has 0 bridgehead atoms. The third-order valence-electron chi connectivity index (χ3n) is 7.13. The number of nitrogens with one attached hydrogen (secondary N) is 1. The van der Waals surface area contributed by atoms with Crippen molar-refractivity contribution >= 4 is 10.9 Å². The van der Waals surface area contributed by atoms with Gasteiger partial charge >= 0.3 is 0 Å². The maximum Gasteiger partial charge on any atom is 0.119 e. The quantitative estimate of drug-likeness (QED) is 0.204. The van der Waals surface area contributed by atoms with Gasteiger partial charge in [0.2, 0.25) is 0 Å². The van der Waals surface area contributed by atoms with Crippen LogP contribution in [0.5, 0.6) is 11.5 Å². The number of H-pyrrole nitrogens is 1. The van der Waals surface area contributed by atoms with Gasteiger partial charge in [0.1, 0.15) is 24.7 Å². The van der Waals surface area contributed by atoms with Gasteiger partial charge in [0.05, 0.1) is 5.69 Å². The molecular weight excluding hydrogens is 458 g/mol. The summed E-state index contributed by atoms with van der Waals surface area (Å²) in [6.45, 7) is 16.2. The van der Waals surface area contributed by atoms with Crippen molar-refractivity contribution in [3.8, 4) is 33.9 Å². The standard InChI is InChI=1S/C32H41N3O2/c1-5-34(6-2)21-23-36-27-17-13-25(14-18-27)31-29-11-9-10-12-30(29)33-32(31)26-15-19-28(20-16-26)37-24-22-35(7-3)8-4/h9-20,33H,5-8,21-24H2,1-4H3. The van der Waals surface area contributed by atoms with Gasteiger partial charge in [0.15, 0.2) is 0 Å². The number of likely N-dealkylation sites (N-methyl/N-ethyl adjacent to an activating group) is 2. The van der Waals surface area contributed by atoms with Crippen molar-refractivity contribution in [1.29, 1.82) is 0 Å². The fraction of sp³-hybridized carbons (Fsp3) is 0.375. The van der Waals surface area contributed by atoms with E-state index in [4.69, 9.17) is 9.47 Å². The third kappa shape index (κ3) is 6.73. The summed E-state index contributed by atoms with van der Waals surface area (Å²) < 4.78 is 12.0. The normalized spacial score (nSPS) is 11.5. The number of fused-ring (bicyclic) bond motifs is 1. The van der Waals surface area contributed by atoms with Crippen LogP contribution in [0.4, 0.5) is 0 Å². The van der Waals surface area contributed by atoms with Crippen LogP contribution in [-0.2, 0) is 0 Å². The van der Waals surface area contributed by atoms with Crippen molar-refractivity contribution in [1.82, 2.24) is 14.8 Å². The molecule has 5 heteroatoms. The van der Waals surface area contributed by atoms with Gasteiger partial charge in [-0.2, -0.15) is 0 Å². The van der Waals surface area contributed by atoms with Crippen LogP contribution in [0.3, 0.4) is 0 Å². The minimum Gasteiger partial charge on any atom is -0.492 e. The Kier molecular flexibility index (Phi) is 9.64. The molecule has 0 spiro atoms. The fourth-order valence-electron chi connectivity index (χ4n) is 4.76. The topological polar surface area (TPSA) is 40.7 Å². The SMILES string of the molecule is CCN(CC)CCOc1ccc(-c2[nH]c3ccccc3c2-c2ccc(OCCN(CC)CC)cc2)cc1. The Morgan fingerprint density at radius 1 is 0.595 bits per heavy atom. The van der Waals surface area contributed by atoms with E-state index < -0.39 is 0 Å². The lowest BCUT2D eigenvalue weighted by Crippen LogP contribution is -2.27. The number of benzene rings is 3. The van der Waals surface area contributed by atoms with E-state index in [0.717, 1.165) is 67.5 Å². The Hall–Kier alpha value is -3.28. The molecule has 0 saturated carbocycles. The number of ether oxygens (including phenoxy) is 2. The summed E-state index contributed by atoms with van der Waals surface area (Å²) in [7, 11) is 0. The van der Waals surface area contributed by atoms with Gasteiger partial charge in [0, 0.05) is 29.6 Å². The molecule has 0 aliphatic carbocycles. The molecule has 4 aromatic rings. The second-order valence-electron chi connectivity index (χ2n) is 9.22. The zero-order valence-corrected chi connectivity index (χ0v) is 22.8. The van der Waals surface area contributed by atoms with Crippen LogP contribution < -0.4 is 9.47 Å². The molecule has 37 heavy (non-hydrogen) atoms. The van der Waals surface area contributed by atoms with Crippen molar-refractivity contribution in [2.45, 2.75) is 27.7 Å². The second kappa shape index (κ2) is 13.3. The lowest BCUT2D eigenvalue weighted by Gasteiger charge is -2.18. The first-order valence-corrected chi connectivity index (χ1v) is 13.7. The van der Waals surface area contributed by atoms with Gasteiger partial charge in [-0.1, -0.05) is 58.0 Å². The zero-order valence-electron chi connectivity index (χ0n) is 22.8. The highest BCUT2D eigenvalue weighted by molar-refractivity contribution is 6.03. The van der Waals surface area contributed by atoms with Gasteiger partial charge in [-0.25, -0.2) is 0 Å². The molecule has 196 valence electrons. The number of hydrogen-bond donors (Lipinski definition) is 1. The summed E-state index contributed by atoms with van der Waals surface area (Å²) in [4.78, 5) is 8.40. The first-order chi connectivity index (χ1) is 18.2. The van der Waals surface area contributed by atoms with E-state index in [1.165, 1.54) is 16.5 Å². The molecule has 5 nitrogen and oxygen atoms in total. The molecule has 3 aromatic carbocycles. The molecule has 0 aliphatic rings. The highest BCUT2D eigenvalue weighted by atomic mass is 16.5. The molecule has 1 heterocycles. The van der Waals surface area contributed by atoms with Crippen LogP contribution in [0.2, 0.25) is 0 Å². The van der Waals surface area contributed by atoms with Crippen LogP contribution in [0.25, 0.3) is 33.3 Å². The number of rotatable bonds is 14. The Morgan fingerprint density at radius 2 is 1.08 bits per heavy atom. The van der Waals surface area contributed by atoms with Crippen molar-refractivity contribution in [3.63, 3.8) is 0 Å². The monoisotopic (exact) mass is 499 g/mol. The average Bonchev–Trinajstić information content (AvgIpc) is 3.34. The number of aromatic amines is 1. The highest BCUT2D eigenvalue weighted by Gasteiger charge is 2.15. The van der Waals surface area contributed by atoms with E-state index >= 15 is 0 Å². The highest BCUT2D eigenvalue weighted by Crippen LogP contribution is 2.39. The molecule has 0 saturated heterocycles. The van der Waals surface area contributed by atoms with E-state index in [1.807, 2.05) is 0 Å². The molecular formula is C32H41N3O2. The molecule has 4 rings (SSSR count). The number of nitrogens with zero attached hydrogens (tertiary/aromatic N) is 2. The lowest BCUT2D eigenvalue weighted by atomic mass is 9.98. The minimum atomic E-state index is 0.696. The van der Waals surface area contributed by atoms with E-state index in [0.29, 0.717) is 13.2 Å². The molecule has 0 atom stereocenters. The maximum absolute atomic E-state index is 6.02. The first-order valence-electron chi connectivity index (χ1n) is 13.7. The Balaban J connectivity index is 1.53. The van der Waals surface area contributed by atoms with Gasteiger partial charge in [0.25, 0.3) is 0 Å². The van der Waals surface area contributed by atoms with E-state index in [1.54, 1.807) is 0 Å². The average molecular weight is 500 g/mol. The molecule has 0 unspecified atom stereocenters. The van der Waals surface area contributed by atoms with Crippen LogP contribution >= 0.6 is 0 Å². The Morgan fingerprint density at radius 3 is 1.59 bits per heavy atom. The van der Waals surface area contributed by atoms with E-state index in [2.05, 4.69) is 115 Å². The zero-order chi connectivity index (χ0) is 26.0. The summed E-state index contributed by atoms with van der Waals surface area (Å²) in [6, 6.07) is 25.4. The third-order valence-corrected chi connectivity index (χ3v) is 7.13. The van der Waals surface area contributed by atoms with Crippen LogP contribution in [-0.4, -0.2) is 67.3 Å². The summed E-state index contributed by atoms with van der Waals surface area (Å²) in [5, 5.41) is 1.22. The van der Waals surface area contributed by atoms with Crippen LogP contribution in [0, 0.1) is 0 Å². The molecule has 0 aliphatic heterocycles. The predicted molar refractivity (Wildman–Crippen MR) is 156 cm³/mol. The smallest absolute Gasteiger partial charge is 0.119 e. The summed E-state index contributed by atoms with van der Waals surface area (Å²) in [6.07, 6.45) is 0. The largest absolute Gasteiger partial charge is 0.492 e. The van der Waals surface area contributed by atoms with E-state index in [-0.39, 0.29) is 0 Å². The molecule has 1 N–H and O–H groups in total. The molecule has 0 fully saturated rings. The van der Waals surface area contributed by atoms with E-state index in [9.17, 15) is 0 Å². The van der Waals surface area contributed by atoms with Crippen molar-refractivity contribution in [2.24, 2.45) is 0 Å². The van der Waals surface area contributed by atoms with Crippen molar-refractivity contribution in [3.05, 3.63) is 72.8 Å². The maximum atomic E-state index is 6.02. The first kappa shape index (κ1) is 26.8. The van der Waals surface area contributed by atoms with Gasteiger partial charge in [-0.3, -0.25) is 0 Å². The lowest BCUT2D eigenvalue weighted by molar-refractivity contribution is 0.223. The number of para-hydroxylation sites is 1.